The molecule has 1 rings (SSSR count). The van der Waals surface area contributed by atoms with E-state index in [2.05, 4.69) is 5.32 Å². The van der Waals surface area contributed by atoms with Crippen molar-refractivity contribution < 1.29 is 23.1 Å². The summed E-state index contributed by atoms with van der Waals surface area (Å²) in [6.45, 7) is 0. The summed E-state index contributed by atoms with van der Waals surface area (Å²) in [5.41, 5.74) is 0.244. The van der Waals surface area contributed by atoms with Crippen LogP contribution in [0.3, 0.4) is 0 Å². The van der Waals surface area contributed by atoms with Crippen molar-refractivity contribution in [3.63, 3.8) is 0 Å². The van der Waals surface area contributed by atoms with E-state index in [1.54, 1.807) is 12.1 Å². The molecule has 0 aliphatic carbocycles. The van der Waals surface area contributed by atoms with Crippen LogP contribution in [0.5, 0.6) is 0 Å². The average molecular weight is 446 g/mol. The fourth-order valence-electron chi connectivity index (χ4n) is 1.50. The molecule has 116 valence electrons. The third-order valence-electron chi connectivity index (χ3n) is 2.55. The minimum atomic E-state index is -3.31. The van der Waals surface area contributed by atoms with Crippen LogP contribution in [0.2, 0.25) is 5.02 Å². The van der Waals surface area contributed by atoms with Gasteiger partial charge in [0.1, 0.15) is 15.9 Å². The third-order valence-corrected chi connectivity index (χ3v) is 4.71. The molecule has 0 heterocycles. The quantitative estimate of drug-likeness (QED) is 0.647. The van der Waals surface area contributed by atoms with Crippen LogP contribution in [0.4, 0.5) is 0 Å². The molecule has 2 N–H and O–H groups in total. The molecule has 0 aliphatic heterocycles. The molecular formula is C12H13ClINO5S. The van der Waals surface area contributed by atoms with Gasteiger partial charge in [-0.1, -0.05) is 11.6 Å². The Balaban J connectivity index is 2.86. The highest BCUT2D eigenvalue weighted by Gasteiger charge is 2.23. The summed E-state index contributed by atoms with van der Waals surface area (Å²) in [6, 6.07) is 3.39. The molecular weight excluding hydrogens is 433 g/mol. The van der Waals surface area contributed by atoms with Gasteiger partial charge in [-0.25, -0.2) is 13.2 Å². The second-order valence-corrected chi connectivity index (χ2v) is 8.27. The summed E-state index contributed by atoms with van der Waals surface area (Å²) >= 11 is 7.73. The van der Waals surface area contributed by atoms with E-state index >= 15 is 0 Å². The zero-order chi connectivity index (χ0) is 16.2. The standard InChI is InChI=1S/C12H13ClINO5S/c1-21(19,20)5-4-10(12(17)18)15-11(16)8-6-7(13)2-3-9(8)14/h2-3,6,10H,4-5H2,1H3,(H,15,16)(H,17,18). The first-order valence-electron chi connectivity index (χ1n) is 5.76. The van der Waals surface area contributed by atoms with Gasteiger partial charge in [0.25, 0.3) is 5.91 Å². The van der Waals surface area contributed by atoms with Gasteiger partial charge in [0.2, 0.25) is 0 Å². The first kappa shape index (κ1) is 18.2. The summed E-state index contributed by atoms with van der Waals surface area (Å²) in [5, 5.41) is 11.7. The van der Waals surface area contributed by atoms with Crippen molar-refractivity contribution in [1.29, 1.82) is 0 Å². The molecule has 0 aromatic heterocycles. The molecule has 0 saturated heterocycles. The lowest BCUT2D eigenvalue weighted by atomic mass is 10.1. The van der Waals surface area contributed by atoms with Crippen molar-refractivity contribution in [2.24, 2.45) is 0 Å². The molecule has 0 spiro atoms. The van der Waals surface area contributed by atoms with Gasteiger partial charge in [-0.3, -0.25) is 4.79 Å². The Morgan fingerprint density at radius 2 is 2.05 bits per heavy atom. The number of sulfone groups is 1. The van der Waals surface area contributed by atoms with Gasteiger partial charge in [0.05, 0.1) is 11.3 Å². The van der Waals surface area contributed by atoms with Gasteiger partial charge >= 0.3 is 5.97 Å². The predicted octanol–water partition coefficient (Wildman–Crippen LogP) is 1.56. The van der Waals surface area contributed by atoms with Crippen LogP contribution >= 0.6 is 34.2 Å². The zero-order valence-electron chi connectivity index (χ0n) is 11.0. The first-order valence-corrected chi connectivity index (χ1v) is 9.28. The number of hydrogen-bond acceptors (Lipinski definition) is 4. The topological polar surface area (TPSA) is 101 Å². The number of carboxylic acids is 1. The molecule has 1 aromatic rings. The molecule has 1 amide bonds. The van der Waals surface area contributed by atoms with E-state index in [-0.39, 0.29) is 17.7 Å². The van der Waals surface area contributed by atoms with E-state index < -0.39 is 27.8 Å². The fourth-order valence-corrected chi connectivity index (χ4v) is 2.91. The summed E-state index contributed by atoms with van der Waals surface area (Å²) < 4.78 is 22.8. The number of nitrogens with one attached hydrogen (secondary N) is 1. The van der Waals surface area contributed by atoms with Crippen molar-refractivity contribution in [3.05, 3.63) is 32.4 Å². The van der Waals surface area contributed by atoms with Gasteiger partial charge < -0.3 is 10.4 Å². The first-order chi connectivity index (χ1) is 9.60. The van der Waals surface area contributed by atoms with Crippen molar-refractivity contribution in [2.75, 3.05) is 12.0 Å². The molecule has 0 fully saturated rings. The van der Waals surface area contributed by atoms with Crippen LogP contribution in [0.1, 0.15) is 16.8 Å². The lowest BCUT2D eigenvalue weighted by Crippen LogP contribution is -2.42. The van der Waals surface area contributed by atoms with E-state index in [9.17, 15) is 18.0 Å². The van der Waals surface area contributed by atoms with Crippen molar-refractivity contribution in [2.45, 2.75) is 12.5 Å². The third kappa shape index (κ3) is 6.18. The summed E-state index contributed by atoms with van der Waals surface area (Å²) in [4.78, 5) is 23.2. The van der Waals surface area contributed by atoms with E-state index in [0.29, 0.717) is 8.59 Å². The maximum absolute atomic E-state index is 12.1. The number of benzene rings is 1. The lowest BCUT2D eigenvalue weighted by molar-refractivity contribution is -0.139. The second kappa shape index (κ2) is 7.41. The molecule has 0 aliphatic rings. The van der Waals surface area contributed by atoms with Gasteiger partial charge in [-0.2, -0.15) is 0 Å². The van der Waals surface area contributed by atoms with Crippen LogP contribution in [0.15, 0.2) is 18.2 Å². The molecule has 1 unspecified atom stereocenters. The monoisotopic (exact) mass is 445 g/mol. The van der Waals surface area contributed by atoms with Gasteiger partial charge in [-0.15, -0.1) is 0 Å². The van der Waals surface area contributed by atoms with Crippen LogP contribution in [0.25, 0.3) is 0 Å². The number of carboxylic acid groups (broad SMARTS) is 1. The average Bonchev–Trinajstić information content (AvgIpc) is 2.35. The molecule has 0 saturated carbocycles. The molecule has 1 aromatic carbocycles. The number of halogens is 2. The SMILES string of the molecule is CS(=O)(=O)CCC(NC(=O)c1cc(Cl)ccc1I)C(=O)O. The van der Waals surface area contributed by atoms with Crippen LogP contribution in [-0.2, 0) is 14.6 Å². The highest BCUT2D eigenvalue weighted by Crippen LogP contribution is 2.18. The Morgan fingerprint density at radius 1 is 1.43 bits per heavy atom. The van der Waals surface area contributed by atoms with Crippen LogP contribution in [-0.4, -0.2) is 43.5 Å². The van der Waals surface area contributed by atoms with E-state index in [1.165, 1.54) is 6.07 Å². The number of carbonyl (C=O) groups is 2. The normalized spacial score (nSPS) is 12.7. The predicted molar refractivity (Wildman–Crippen MR) is 87.4 cm³/mol. The minimum Gasteiger partial charge on any atom is -0.480 e. The summed E-state index contributed by atoms with van der Waals surface area (Å²) in [6.07, 6.45) is 0.810. The Kier molecular flexibility index (Phi) is 6.41. The zero-order valence-corrected chi connectivity index (χ0v) is 14.7. The number of carbonyl (C=O) groups excluding carboxylic acids is 1. The second-order valence-electron chi connectivity index (χ2n) is 4.41. The van der Waals surface area contributed by atoms with E-state index in [1.807, 2.05) is 22.6 Å². The smallest absolute Gasteiger partial charge is 0.326 e. The van der Waals surface area contributed by atoms with Gasteiger partial charge in [0, 0.05) is 14.8 Å². The number of rotatable bonds is 6. The van der Waals surface area contributed by atoms with Crippen LogP contribution < -0.4 is 5.32 Å². The highest BCUT2D eigenvalue weighted by atomic mass is 127. The summed E-state index contributed by atoms with van der Waals surface area (Å²) in [5.74, 6) is -2.22. The van der Waals surface area contributed by atoms with Crippen molar-refractivity contribution >= 4 is 55.9 Å². The fraction of sp³-hybridized carbons (Fsp3) is 0.333. The molecule has 21 heavy (non-hydrogen) atoms. The van der Waals surface area contributed by atoms with Gasteiger partial charge in [0.15, 0.2) is 0 Å². The van der Waals surface area contributed by atoms with Gasteiger partial charge in [-0.05, 0) is 47.2 Å². The largest absolute Gasteiger partial charge is 0.480 e. The lowest BCUT2D eigenvalue weighted by Gasteiger charge is -2.14. The number of amides is 1. The number of aliphatic carboxylic acids is 1. The molecule has 0 bridgehead atoms. The Labute approximate surface area is 140 Å². The number of hydrogen-bond donors (Lipinski definition) is 2. The Bertz CT molecular complexity index is 662. The Morgan fingerprint density at radius 3 is 2.57 bits per heavy atom. The van der Waals surface area contributed by atoms with E-state index in [0.717, 1.165) is 6.26 Å². The van der Waals surface area contributed by atoms with Crippen molar-refractivity contribution in [3.8, 4) is 0 Å². The highest BCUT2D eigenvalue weighted by molar-refractivity contribution is 14.1. The maximum atomic E-state index is 12.1. The molecule has 9 heteroatoms. The van der Waals surface area contributed by atoms with Crippen LogP contribution in [0, 0.1) is 3.57 Å². The maximum Gasteiger partial charge on any atom is 0.326 e. The molecule has 1 atom stereocenters. The summed E-state index contributed by atoms with van der Waals surface area (Å²) in [7, 11) is -3.31. The Hall–Kier alpha value is -0.870. The molecule has 0 radical (unpaired) electrons. The van der Waals surface area contributed by atoms with E-state index in [4.69, 9.17) is 16.7 Å². The minimum absolute atomic E-state index is 0.197. The van der Waals surface area contributed by atoms with Crippen molar-refractivity contribution in [1.82, 2.24) is 5.32 Å². The molecule has 6 nitrogen and oxygen atoms in total.